The standard InChI is InChI=1S/C43H49ClFN9O5S/c1-60(57,58)54-19-12-28-3-2-4-35(39(28)54)47-41-33(44)26-46-43(50-41)48-36-8-9-37(32-15-24-59-40(32)36)53-17-13-29(14-18-53)52-22-20-51(21-23-52)16-11-27-5-6-30(34(45)25-27)31-7-10-38(55)49-42(31)56/h2-6,8-9,25-26,29,31H,7,10-24H2,1H3,(H,49,55,56)(H2,46,47,48,50). The molecular formula is C43H49ClFN9O5S. The van der Waals surface area contributed by atoms with Crippen molar-refractivity contribution in [2.24, 2.45) is 0 Å². The zero-order valence-corrected chi connectivity index (χ0v) is 35.1. The summed E-state index contributed by atoms with van der Waals surface area (Å²) in [5.74, 6) is -0.225. The molecule has 6 heterocycles. The molecule has 9 rings (SSSR count). The summed E-state index contributed by atoms with van der Waals surface area (Å²) in [5, 5.41) is 9.23. The maximum Gasteiger partial charge on any atom is 0.234 e. The van der Waals surface area contributed by atoms with Gasteiger partial charge < -0.3 is 25.2 Å². The number of piperazine rings is 1. The van der Waals surface area contributed by atoms with Gasteiger partial charge in [0, 0.05) is 88.1 Å². The van der Waals surface area contributed by atoms with Crippen LogP contribution in [-0.2, 0) is 38.9 Å². The van der Waals surface area contributed by atoms with Crippen LogP contribution in [0.25, 0.3) is 0 Å². The third-order valence-corrected chi connectivity index (χ3v) is 14.0. The molecule has 3 fully saturated rings. The Morgan fingerprint density at radius 1 is 0.933 bits per heavy atom. The van der Waals surface area contributed by atoms with Crippen molar-refractivity contribution in [2.45, 2.75) is 56.9 Å². The Bertz CT molecular complexity index is 2420. The summed E-state index contributed by atoms with van der Waals surface area (Å²) in [7, 11) is -3.46. The monoisotopic (exact) mass is 857 g/mol. The summed E-state index contributed by atoms with van der Waals surface area (Å²) in [6.07, 6.45) is 7.63. The van der Waals surface area contributed by atoms with E-state index in [1.54, 1.807) is 12.1 Å². The average Bonchev–Trinajstić information content (AvgIpc) is 3.92. The SMILES string of the molecule is CS(=O)(=O)N1CCc2cccc(Nc3nc(Nc4ccc(N5CCC(N6CCN(CCc7ccc(C8CCC(=O)NC8=O)c(F)c7)CC6)CC5)c5c4OCC5)ncc3Cl)c21. The number of rotatable bonds is 11. The molecule has 0 bridgehead atoms. The summed E-state index contributed by atoms with van der Waals surface area (Å²) in [6, 6.07) is 15.5. The molecule has 316 valence electrons. The number of para-hydroxylation sites is 1. The fourth-order valence-electron chi connectivity index (χ4n) is 9.40. The van der Waals surface area contributed by atoms with Crippen molar-refractivity contribution in [2.75, 3.05) is 85.1 Å². The topological polar surface area (TPSA) is 152 Å². The molecule has 5 aliphatic heterocycles. The number of ether oxygens (including phenoxy) is 1. The van der Waals surface area contributed by atoms with Gasteiger partial charge in [-0.15, -0.1) is 0 Å². The minimum atomic E-state index is -3.46. The maximum atomic E-state index is 15.0. The van der Waals surface area contributed by atoms with Gasteiger partial charge in [-0.1, -0.05) is 35.9 Å². The van der Waals surface area contributed by atoms with E-state index in [9.17, 15) is 18.0 Å². The zero-order chi connectivity index (χ0) is 41.5. The Kier molecular flexibility index (Phi) is 11.3. The van der Waals surface area contributed by atoms with Crippen LogP contribution in [0, 0.1) is 5.82 Å². The van der Waals surface area contributed by atoms with Gasteiger partial charge in [-0.3, -0.25) is 24.1 Å². The van der Waals surface area contributed by atoms with Crippen molar-refractivity contribution < 1.29 is 27.1 Å². The number of aromatic nitrogens is 2. The van der Waals surface area contributed by atoms with Crippen LogP contribution in [0.4, 0.5) is 38.9 Å². The van der Waals surface area contributed by atoms with Crippen LogP contribution in [0.1, 0.15) is 53.9 Å². The second-order valence-electron chi connectivity index (χ2n) is 16.3. The first-order chi connectivity index (χ1) is 29.0. The predicted octanol–water partition coefficient (Wildman–Crippen LogP) is 5.36. The van der Waals surface area contributed by atoms with E-state index in [2.05, 4.69) is 46.7 Å². The molecule has 5 aliphatic rings. The lowest BCUT2D eigenvalue weighted by atomic mass is 9.89. The largest absolute Gasteiger partial charge is 0.491 e. The number of hydrogen-bond acceptors (Lipinski definition) is 12. The number of benzene rings is 3. The van der Waals surface area contributed by atoms with Crippen LogP contribution in [0.15, 0.2) is 54.7 Å². The quantitative estimate of drug-likeness (QED) is 0.167. The molecule has 0 aliphatic carbocycles. The second-order valence-corrected chi connectivity index (χ2v) is 18.6. The highest BCUT2D eigenvalue weighted by Gasteiger charge is 2.33. The third kappa shape index (κ3) is 8.34. The number of imide groups is 1. The van der Waals surface area contributed by atoms with Gasteiger partial charge in [0.25, 0.3) is 0 Å². The number of amides is 2. The van der Waals surface area contributed by atoms with E-state index in [1.165, 1.54) is 28.0 Å². The van der Waals surface area contributed by atoms with Crippen LogP contribution in [0.2, 0.25) is 5.02 Å². The normalized spacial score (nSPS) is 20.1. The fraction of sp³-hybridized carbons (Fsp3) is 0.442. The molecule has 1 atom stereocenters. The molecule has 0 radical (unpaired) electrons. The van der Waals surface area contributed by atoms with E-state index < -0.39 is 21.8 Å². The number of piperidine rings is 2. The van der Waals surface area contributed by atoms with Gasteiger partial charge in [-0.2, -0.15) is 4.98 Å². The van der Waals surface area contributed by atoms with Gasteiger partial charge in [0.05, 0.1) is 42.0 Å². The minimum absolute atomic E-state index is 0.229. The van der Waals surface area contributed by atoms with Gasteiger partial charge in [-0.25, -0.2) is 17.8 Å². The number of sulfonamides is 1. The molecule has 3 N–H and O–H groups in total. The molecule has 1 unspecified atom stereocenters. The highest BCUT2D eigenvalue weighted by atomic mass is 35.5. The summed E-state index contributed by atoms with van der Waals surface area (Å²) in [5.41, 5.74) is 6.57. The fourth-order valence-corrected chi connectivity index (χ4v) is 10.5. The van der Waals surface area contributed by atoms with Gasteiger partial charge in [0.15, 0.2) is 5.82 Å². The van der Waals surface area contributed by atoms with Crippen molar-refractivity contribution in [1.82, 2.24) is 25.1 Å². The number of nitrogens with zero attached hydrogens (tertiary/aromatic N) is 6. The Labute approximate surface area is 354 Å². The van der Waals surface area contributed by atoms with E-state index in [0.717, 1.165) is 94.1 Å². The van der Waals surface area contributed by atoms with Crippen molar-refractivity contribution in [3.8, 4) is 5.75 Å². The Hall–Kier alpha value is -5.03. The lowest BCUT2D eigenvalue weighted by Gasteiger charge is -2.43. The van der Waals surface area contributed by atoms with Crippen molar-refractivity contribution in [3.63, 3.8) is 0 Å². The van der Waals surface area contributed by atoms with Crippen molar-refractivity contribution in [3.05, 3.63) is 87.8 Å². The average molecular weight is 858 g/mol. The molecule has 2 amide bonds. The summed E-state index contributed by atoms with van der Waals surface area (Å²) >= 11 is 6.55. The highest BCUT2D eigenvalue weighted by molar-refractivity contribution is 7.92. The maximum absolute atomic E-state index is 15.0. The van der Waals surface area contributed by atoms with Gasteiger partial charge in [0.1, 0.15) is 16.6 Å². The van der Waals surface area contributed by atoms with Gasteiger partial charge in [0.2, 0.25) is 27.8 Å². The molecule has 3 aromatic carbocycles. The first-order valence-electron chi connectivity index (χ1n) is 20.8. The zero-order valence-electron chi connectivity index (χ0n) is 33.6. The van der Waals surface area contributed by atoms with Crippen LogP contribution in [0.5, 0.6) is 5.75 Å². The third-order valence-electron chi connectivity index (χ3n) is 12.6. The van der Waals surface area contributed by atoms with Gasteiger partial charge in [-0.05, 0) is 67.5 Å². The van der Waals surface area contributed by atoms with E-state index in [1.807, 2.05) is 30.3 Å². The number of nitrogens with one attached hydrogen (secondary N) is 3. The van der Waals surface area contributed by atoms with Crippen LogP contribution < -0.4 is 29.9 Å². The number of hydrogen-bond donors (Lipinski definition) is 3. The van der Waals surface area contributed by atoms with Crippen LogP contribution >= 0.6 is 11.6 Å². The first-order valence-corrected chi connectivity index (χ1v) is 23.0. The molecule has 17 heteroatoms. The molecule has 3 saturated heterocycles. The van der Waals surface area contributed by atoms with Crippen LogP contribution in [0.3, 0.4) is 0 Å². The van der Waals surface area contributed by atoms with E-state index in [-0.39, 0.29) is 18.1 Å². The Morgan fingerprint density at radius 3 is 2.52 bits per heavy atom. The minimum Gasteiger partial charge on any atom is -0.491 e. The second kappa shape index (κ2) is 16.8. The molecule has 0 saturated carbocycles. The number of halogens is 2. The number of fused-ring (bicyclic) bond motifs is 2. The molecule has 14 nitrogen and oxygen atoms in total. The number of carbonyl (C=O) groups is 2. The van der Waals surface area contributed by atoms with E-state index in [0.29, 0.717) is 65.8 Å². The molecule has 4 aromatic rings. The number of anilines is 6. The van der Waals surface area contributed by atoms with E-state index >= 15 is 4.39 Å². The summed E-state index contributed by atoms with van der Waals surface area (Å²) < 4.78 is 47.7. The van der Waals surface area contributed by atoms with E-state index in [4.69, 9.17) is 16.3 Å². The molecular weight excluding hydrogens is 809 g/mol. The van der Waals surface area contributed by atoms with Crippen molar-refractivity contribution >= 4 is 68.0 Å². The number of carbonyl (C=O) groups excluding carboxylic acids is 2. The predicted molar refractivity (Wildman–Crippen MR) is 230 cm³/mol. The van der Waals surface area contributed by atoms with Crippen molar-refractivity contribution in [1.29, 1.82) is 0 Å². The summed E-state index contributed by atoms with van der Waals surface area (Å²) in [4.78, 5) is 40.5. The Morgan fingerprint density at radius 2 is 1.75 bits per heavy atom. The molecule has 60 heavy (non-hydrogen) atoms. The molecule has 0 spiro atoms. The lowest BCUT2D eigenvalue weighted by molar-refractivity contribution is -0.134. The lowest BCUT2D eigenvalue weighted by Crippen LogP contribution is -2.53. The first kappa shape index (κ1) is 40.4. The van der Waals surface area contributed by atoms with Gasteiger partial charge >= 0.3 is 0 Å². The van der Waals surface area contributed by atoms with Crippen LogP contribution in [-0.4, -0.2) is 111 Å². The smallest absolute Gasteiger partial charge is 0.234 e. The summed E-state index contributed by atoms with van der Waals surface area (Å²) in [6.45, 7) is 7.71. The molecule has 1 aromatic heterocycles. The Balaban J connectivity index is 0.780. The highest BCUT2D eigenvalue weighted by Crippen LogP contribution is 2.43.